The van der Waals surface area contributed by atoms with Gasteiger partial charge in [-0.3, -0.25) is 0 Å². The molecule has 0 aliphatic rings. The van der Waals surface area contributed by atoms with Crippen molar-refractivity contribution in [3.05, 3.63) is 25.3 Å². The minimum atomic E-state index is 0.383. The first-order valence-electron chi connectivity index (χ1n) is 4.13. The molecule has 0 atom stereocenters. The van der Waals surface area contributed by atoms with Gasteiger partial charge in [0.05, 0.1) is 0 Å². The van der Waals surface area contributed by atoms with E-state index in [9.17, 15) is 0 Å². The van der Waals surface area contributed by atoms with Crippen molar-refractivity contribution in [3.63, 3.8) is 0 Å². The highest BCUT2D eigenvalue weighted by atomic mass is 15.4. The first-order valence-corrected chi connectivity index (χ1v) is 4.13. The fourth-order valence-corrected chi connectivity index (χ4v) is 0.698. The molecule has 1 aromatic rings. The molecule has 0 radical (unpaired) electrons. The standard InChI is InChI=1S/C8H12N6/c1-3-5-9-7-11-13-8(14-12-7)10-6-4-2/h3-4H,1-2,5-6H2,(H,9,11,12)(H,10,13,14). The van der Waals surface area contributed by atoms with Crippen LogP contribution in [0.4, 0.5) is 11.9 Å². The van der Waals surface area contributed by atoms with Crippen LogP contribution in [0.25, 0.3) is 0 Å². The van der Waals surface area contributed by atoms with Gasteiger partial charge in [-0.2, -0.15) is 0 Å². The van der Waals surface area contributed by atoms with Crippen LogP contribution in [-0.4, -0.2) is 33.5 Å². The molecule has 0 saturated carbocycles. The summed E-state index contributed by atoms with van der Waals surface area (Å²) in [6.07, 6.45) is 3.40. The van der Waals surface area contributed by atoms with Gasteiger partial charge in [-0.05, 0) is 0 Å². The summed E-state index contributed by atoms with van der Waals surface area (Å²) in [5.74, 6) is 0.767. The summed E-state index contributed by atoms with van der Waals surface area (Å²) in [6, 6.07) is 0. The van der Waals surface area contributed by atoms with E-state index < -0.39 is 0 Å². The number of anilines is 2. The average Bonchev–Trinajstić information content (AvgIpc) is 2.25. The van der Waals surface area contributed by atoms with Crippen LogP contribution in [0.5, 0.6) is 0 Å². The largest absolute Gasteiger partial charge is 0.348 e. The van der Waals surface area contributed by atoms with Crippen LogP contribution in [0, 0.1) is 0 Å². The second-order valence-corrected chi connectivity index (χ2v) is 2.39. The summed E-state index contributed by atoms with van der Waals surface area (Å²) >= 11 is 0. The molecular formula is C8H12N6. The Kier molecular flexibility index (Phi) is 4.06. The monoisotopic (exact) mass is 192 g/mol. The summed E-state index contributed by atoms with van der Waals surface area (Å²) in [5, 5.41) is 20.9. The predicted octanol–water partition coefficient (Wildman–Crippen LogP) is 0.462. The molecule has 0 bridgehead atoms. The minimum Gasteiger partial charge on any atom is -0.348 e. The smallest absolute Gasteiger partial charge is 0.262 e. The molecule has 1 heterocycles. The maximum Gasteiger partial charge on any atom is 0.262 e. The van der Waals surface area contributed by atoms with Gasteiger partial charge in [-0.1, -0.05) is 12.2 Å². The van der Waals surface area contributed by atoms with E-state index in [0.29, 0.717) is 25.0 Å². The van der Waals surface area contributed by atoms with Gasteiger partial charge in [0.2, 0.25) is 0 Å². The van der Waals surface area contributed by atoms with E-state index in [1.165, 1.54) is 0 Å². The third kappa shape index (κ3) is 3.18. The van der Waals surface area contributed by atoms with Crippen molar-refractivity contribution in [2.45, 2.75) is 0 Å². The van der Waals surface area contributed by atoms with Crippen LogP contribution in [0.3, 0.4) is 0 Å². The molecule has 0 saturated heterocycles. The third-order valence-electron chi connectivity index (χ3n) is 1.29. The van der Waals surface area contributed by atoms with Gasteiger partial charge in [0.1, 0.15) is 0 Å². The van der Waals surface area contributed by atoms with Gasteiger partial charge >= 0.3 is 0 Å². The molecule has 6 heteroatoms. The Morgan fingerprint density at radius 1 is 0.857 bits per heavy atom. The quantitative estimate of drug-likeness (QED) is 0.638. The van der Waals surface area contributed by atoms with Gasteiger partial charge < -0.3 is 10.6 Å². The molecule has 0 aliphatic heterocycles. The molecule has 14 heavy (non-hydrogen) atoms. The van der Waals surface area contributed by atoms with E-state index in [1.54, 1.807) is 12.2 Å². The second kappa shape index (κ2) is 5.63. The van der Waals surface area contributed by atoms with Crippen molar-refractivity contribution >= 4 is 11.9 Å². The molecule has 1 aromatic heterocycles. The molecule has 6 nitrogen and oxygen atoms in total. The van der Waals surface area contributed by atoms with Gasteiger partial charge in [-0.25, -0.2) is 0 Å². The molecule has 0 unspecified atom stereocenters. The third-order valence-corrected chi connectivity index (χ3v) is 1.29. The molecule has 74 valence electrons. The van der Waals surface area contributed by atoms with E-state index in [2.05, 4.69) is 44.2 Å². The Hall–Kier alpha value is -1.98. The molecular weight excluding hydrogens is 180 g/mol. The summed E-state index contributed by atoms with van der Waals surface area (Å²) in [7, 11) is 0. The molecule has 0 spiro atoms. The molecule has 0 amide bonds. The summed E-state index contributed by atoms with van der Waals surface area (Å²) < 4.78 is 0. The molecule has 1 rings (SSSR count). The zero-order chi connectivity index (χ0) is 10.2. The van der Waals surface area contributed by atoms with Gasteiger partial charge in [0.25, 0.3) is 11.9 Å². The second-order valence-electron chi connectivity index (χ2n) is 2.39. The first-order chi connectivity index (χ1) is 6.86. The SMILES string of the molecule is C=CCNc1nnc(NCC=C)nn1. The lowest BCUT2D eigenvalue weighted by atomic mass is 10.6. The van der Waals surface area contributed by atoms with Crippen LogP contribution in [0.1, 0.15) is 0 Å². The van der Waals surface area contributed by atoms with Crippen molar-refractivity contribution in [1.82, 2.24) is 20.4 Å². The predicted molar refractivity (Wildman–Crippen MR) is 55.0 cm³/mol. The summed E-state index contributed by atoms with van der Waals surface area (Å²) in [5.41, 5.74) is 0. The summed E-state index contributed by atoms with van der Waals surface area (Å²) in [6.45, 7) is 8.28. The van der Waals surface area contributed by atoms with Crippen molar-refractivity contribution in [3.8, 4) is 0 Å². The van der Waals surface area contributed by atoms with Gasteiger partial charge in [0.15, 0.2) is 0 Å². The lowest BCUT2D eigenvalue weighted by Crippen LogP contribution is -2.09. The maximum atomic E-state index is 3.79. The van der Waals surface area contributed by atoms with Crippen LogP contribution >= 0.6 is 0 Å². The highest BCUT2D eigenvalue weighted by Crippen LogP contribution is 1.95. The number of rotatable bonds is 6. The van der Waals surface area contributed by atoms with E-state index in [0.717, 1.165) is 0 Å². The molecule has 0 aromatic carbocycles. The molecule has 0 aliphatic carbocycles. The van der Waals surface area contributed by atoms with Crippen LogP contribution < -0.4 is 10.6 Å². The molecule has 2 N–H and O–H groups in total. The van der Waals surface area contributed by atoms with Crippen molar-refractivity contribution < 1.29 is 0 Å². The van der Waals surface area contributed by atoms with Crippen LogP contribution in [0.15, 0.2) is 25.3 Å². The summed E-state index contributed by atoms with van der Waals surface area (Å²) in [4.78, 5) is 0. The number of hydrogen-bond acceptors (Lipinski definition) is 6. The lowest BCUT2D eigenvalue weighted by molar-refractivity contribution is 0.859. The Morgan fingerprint density at radius 2 is 1.21 bits per heavy atom. The van der Waals surface area contributed by atoms with E-state index in [-0.39, 0.29) is 0 Å². The van der Waals surface area contributed by atoms with Crippen LogP contribution in [0.2, 0.25) is 0 Å². The number of aromatic nitrogens is 4. The van der Waals surface area contributed by atoms with E-state index >= 15 is 0 Å². The maximum absolute atomic E-state index is 3.79. The Bertz CT molecular complexity index is 262. The van der Waals surface area contributed by atoms with Crippen molar-refractivity contribution in [1.29, 1.82) is 0 Å². The van der Waals surface area contributed by atoms with Crippen molar-refractivity contribution in [2.75, 3.05) is 23.7 Å². The molecule has 0 fully saturated rings. The Morgan fingerprint density at radius 3 is 1.50 bits per heavy atom. The Balaban J connectivity index is 2.49. The Labute approximate surface area is 82.2 Å². The van der Waals surface area contributed by atoms with E-state index in [1.807, 2.05) is 0 Å². The topological polar surface area (TPSA) is 75.6 Å². The highest BCUT2D eigenvalue weighted by molar-refractivity contribution is 5.26. The fourth-order valence-electron chi connectivity index (χ4n) is 0.698. The lowest BCUT2D eigenvalue weighted by Gasteiger charge is -2.00. The number of hydrogen-bond donors (Lipinski definition) is 2. The fraction of sp³-hybridized carbons (Fsp3) is 0.250. The number of nitrogens with zero attached hydrogens (tertiary/aromatic N) is 4. The first kappa shape index (κ1) is 10.1. The highest BCUT2D eigenvalue weighted by Gasteiger charge is 1.97. The van der Waals surface area contributed by atoms with Gasteiger partial charge in [-0.15, -0.1) is 33.6 Å². The zero-order valence-corrected chi connectivity index (χ0v) is 7.77. The van der Waals surface area contributed by atoms with E-state index in [4.69, 9.17) is 0 Å². The zero-order valence-electron chi connectivity index (χ0n) is 7.77. The van der Waals surface area contributed by atoms with Crippen LogP contribution in [-0.2, 0) is 0 Å². The number of nitrogens with one attached hydrogen (secondary N) is 2. The average molecular weight is 192 g/mol. The normalized spacial score (nSPS) is 9.14. The minimum absolute atomic E-state index is 0.383. The van der Waals surface area contributed by atoms with Crippen molar-refractivity contribution in [2.24, 2.45) is 0 Å². The van der Waals surface area contributed by atoms with Gasteiger partial charge in [0, 0.05) is 13.1 Å².